The SMILES string of the molecule is N#CC1(C(=O)N2CC=C(c3nc4n(CC(=O)Nc5ccc(C(F)(F)F)cc5Cl)c5c(c(=O)n4n3)C3(CCN(C(=O)c4ncccc4O)CC3)[C@@H]3C[C@H]53)CC2)CC1. The summed E-state index contributed by atoms with van der Waals surface area (Å²) in [4.78, 5) is 66.8. The number of aromatic nitrogens is 5. The molecule has 3 aliphatic carbocycles. The van der Waals surface area contributed by atoms with Crippen molar-refractivity contribution in [1.29, 1.82) is 5.26 Å². The van der Waals surface area contributed by atoms with Crippen LogP contribution in [0.25, 0.3) is 11.4 Å². The van der Waals surface area contributed by atoms with Crippen molar-refractivity contribution in [2.75, 3.05) is 31.5 Å². The monoisotopic (exact) mass is 787 g/mol. The van der Waals surface area contributed by atoms with Gasteiger partial charge in [-0.25, -0.2) is 4.98 Å². The third kappa shape index (κ3) is 5.63. The first-order valence-corrected chi connectivity index (χ1v) is 18.7. The van der Waals surface area contributed by atoms with E-state index in [1.54, 1.807) is 20.4 Å². The molecule has 5 heterocycles. The largest absolute Gasteiger partial charge is 0.505 e. The van der Waals surface area contributed by atoms with Crippen molar-refractivity contribution in [3.63, 3.8) is 0 Å². The van der Waals surface area contributed by atoms with E-state index in [0.717, 1.165) is 24.6 Å². The number of nitriles is 1. The highest BCUT2D eigenvalue weighted by Gasteiger charge is 2.64. The highest BCUT2D eigenvalue weighted by atomic mass is 35.5. The Balaban J connectivity index is 1.07. The molecule has 9 rings (SSSR count). The van der Waals surface area contributed by atoms with Crippen LogP contribution in [0.3, 0.4) is 0 Å². The second-order valence-electron chi connectivity index (χ2n) is 15.2. The fourth-order valence-corrected chi connectivity index (χ4v) is 9.16. The van der Waals surface area contributed by atoms with Crippen LogP contribution in [0.15, 0.2) is 47.4 Å². The Morgan fingerprint density at radius 1 is 1.09 bits per heavy atom. The average Bonchev–Trinajstić information content (AvgIpc) is 4.10. The lowest BCUT2D eigenvalue weighted by Gasteiger charge is -2.41. The van der Waals surface area contributed by atoms with E-state index in [1.807, 2.05) is 0 Å². The molecular formula is C38H33ClF3N9O5. The fourth-order valence-electron chi connectivity index (χ4n) is 8.94. The number of carbonyl (C=O) groups excluding carboxylic acids is 3. The lowest BCUT2D eigenvalue weighted by Crippen LogP contribution is -2.48. The van der Waals surface area contributed by atoms with Gasteiger partial charge in [-0.15, -0.1) is 5.10 Å². The van der Waals surface area contributed by atoms with E-state index in [-0.39, 0.29) is 70.1 Å². The van der Waals surface area contributed by atoms with E-state index in [0.29, 0.717) is 68.6 Å². The number of aromatic hydroxyl groups is 1. The van der Waals surface area contributed by atoms with Gasteiger partial charge >= 0.3 is 6.18 Å². The molecule has 1 saturated heterocycles. The van der Waals surface area contributed by atoms with Gasteiger partial charge in [0.2, 0.25) is 17.6 Å². The second kappa shape index (κ2) is 12.6. The van der Waals surface area contributed by atoms with Crippen LogP contribution in [0.1, 0.15) is 77.6 Å². The smallest absolute Gasteiger partial charge is 0.416 e. The molecule has 1 aromatic carbocycles. The van der Waals surface area contributed by atoms with Gasteiger partial charge in [-0.05, 0) is 80.3 Å². The molecule has 288 valence electrons. The number of pyridine rings is 1. The van der Waals surface area contributed by atoms with Gasteiger partial charge in [-0.3, -0.25) is 19.2 Å². The van der Waals surface area contributed by atoms with E-state index in [9.17, 15) is 42.7 Å². The number of hydrogen-bond donors (Lipinski definition) is 2. The van der Waals surface area contributed by atoms with Crippen LogP contribution >= 0.6 is 11.6 Å². The molecule has 2 N–H and O–H groups in total. The number of likely N-dealkylation sites (tertiary alicyclic amines) is 1. The molecule has 0 radical (unpaired) electrons. The van der Waals surface area contributed by atoms with Crippen LogP contribution in [-0.4, -0.2) is 83.0 Å². The summed E-state index contributed by atoms with van der Waals surface area (Å²) < 4.78 is 42.8. The van der Waals surface area contributed by atoms with E-state index in [2.05, 4.69) is 21.5 Å². The Bertz CT molecular complexity index is 2510. The van der Waals surface area contributed by atoms with Gasteiger partial charge in [-0.2, -0.15) is 27.9 Å². The topological polar surface area (TPSA) is 179 Å². The molecule has 4 aromatic rings. The van der Waals surface area contributed by atoms with E-state index >= 15 is 0 Å². The summed E-state index contributed by atoms with van der Waals surface area (Å²) in [7, 11) is 0. The van der Waals surface area contributed by atoms with Crippen molar-refractivity contribution in [2.24, 2.45) is 11.3 Å². The third-order valence-corrected chi connectivity index (χ3v) is 12.4. The number of fused-ring (bicyclic) bond motifs is 6. The van der Waals surface area contributed by atoms with Crippen LogP contribution < -0.4 is 10.9 Å². The van der Waals surface area contributed by atoms with Crippen molar-refractivity contribution in [3.05, 3.63) is 86.3 Å². The molecule has 14 nitrogen and oxygen atoms in total. The number of rotatable bonds is 6. The Labute approximate surface area is 321 Å². The van der Waals surface area contributed by atoms with Crippen molar-refractivity contribution in [3.8, 4) is 11.8 Å². The maximum atomic E-state index is 14.6. The molecule has 1 spiro atoms. The molecule has 3 amide bonds. The lowest BCUT2D eigenvalue weighted by atomic mass is 9.71. The lowest BCUT2D eigenvalue weighted by molar-refractivity contribution is -0.137. The summed E-state index contributed by atoms with van der Waals surface area (Å²) in [6.07, 6.45) is 1.66. The van der Waals surface area contributed by atoms with E-state index in [1.165, 1.54) is 22.8 Å². The molecule has 3 fully saturated rings. The molecule has 2 saturated carbocycles. The van der Waals surface area contributed by atoms with Gasteiger partial charge in [0, 0.05) is 55.0 Å². The summed E-state index contributed by atoms with van der Waals surface area (Å²) in [6, 6.07) is 7.71. The van der Waals surface area contributed by atoms with Gasteiger partial charge < -0.3 is 24.8 Å². The van der Waals surface area contributed by atoms with Gasteiger partial charge in [0.1, 0.15) is 17.7 Å². The minimum Gasteiger partial charge on any atom is -0.505 e. The summed E-state index contributed by atoms with van der Waals surface area (Å²) in [5.41, 5.74) is -1.19. The number of nitrogens with zero attached hydrogens (tertiary/aromatic N) is 8. The Kier molecular flexibility index (Phi) is 8.10. The minimum absolute atomic E-state index is 0.0203. The van der Waals surface area contributed by atoms with Gasteiger partial charge in [0.05, 0.1) is 22.3 Å². The maximum absolute atomic E-state index is 14.6. The number of hydrogen-bond acceptors (Lipinski definition) is 9. The molecule has 2 aliphatic heterocycles. The van der Waals surface area contributed by atoms with Crippen LogP contribution in [-0.2, 0) is 27.7 Å². The zero-order chi connectivity index (χ0) is 39.3. The average molecular weight is 788 g/mol. The predicted molar refractivity (Wildman–Crippen MR) is 192 cm³/mol. The third-order valence-electron chi connectivity index (χ3n) is 12.1. The predicted octanol–water partition coefficient (Wildman–Crippen LogP) is 4.51. The Morgan fingerprint density at radius 2 is 1.86 bits per heavy atom. The highest BCUT2D eigenvalue weighted by molar-refractivity contribution is 6.33. The first-order chi connectivity index (χ1) is 26.7. The van der Waals surface area contributed by atoms with Crippen LogP contribution in [0.4, 0.5) is 18.9 Å². The van der Waals surface area contributed by atoms with E-state index < -0.39 is 34.4 Å². The second-order valence-corrected chi connectivity index (χ2v) is 15.6. The fraction of sp³-hybridized carbons (Fsp3) is 0.421. The molecule has 0 bridgehead atoms. The number of piperidine rings is 1. The summed E-state index contributed by atoms with van der Waals surface area (Å²) >= 11 is 6.18. The van der Waals surface area contributed by atoms with Crippen molar-refractivity contribution >= 4 is 46.4 Å². The summed E-state index contributed by atoms with van der Waals surface area (Å²) in [6.45, 7) is 0.795. The number of alkyl halides is 3. The van der Waals surface area contributed by atoms with Crippen molar-refractivity contribution in [1.82, 2.24) is 33.9 Å². The Hall–Kier alpha value is -5.76. The van der Waals surface area contributed by atoms with Crippen LogP contribution in [0.5, 0.6) is 5.75 Å². The standard InChI is InChI=1S/C38H33ClF3N9O5/c39-24-16-21(38(40,41)42)3-4-25(24)45-27(53)18-50-30-22-17-23(22)37(9-14-48(15-10-37)33(55)29-26(52)2-1-11-44-29)28(30)32(54)51-35(50)46-31(47-51)20-5-12-49(13-6-20)34(56)36(19-43)7-8-36/h1-5,11,16,22-23,52H,6-10,12-15,17-18H2,(H,45,53)/t22-,23+/m0/s1. The molecular weight excluding hydrogens is 755 g/mol. The number of benzene rings is 1. The molecule has 0 unspecified atom stereocenters. The van der Waals surface area contributed by atoms with Crippen molar-refractivity contribution < 1.29 is 32.7 Å². The first kappa shape index (κ1) is 35.9. The molecule has 5 aliphatic rings. The van der Waals surface area contributed by atoms with Crippen molar-refractivity contribution in [2.45, 2.75) is 62.6 Å². The van der Waals surface area contributed by atoms with Gasteiger partial charge in [0.15, 0.2) is 11.5 Å². The normalized spacial score (nSPS) is 21.6. The van der Waals surface area contributed by atoms with Gasteiger partial charge in [0.25, 0.3) is 11.5 Å². The summed E-state index contributed by atoms with van der Waals surface area (Å²) in [5, 5.41) is 26.8. The quantitative estimate of drug-likeness (QED) is 0.285. The minimum atomic E-state index is -4.63. The number of halogens is 4. The molecule has 2 atom stereocenters. The number of carbonyl (C=O) groups is 3. The molecule has 18 heteroatoms. The first-order valence-electron chi connectivity index (χ1n) is 18.3. The zero-order valence-electron chi connectivity index (χ0n) is 29.6. The number of amides is 3. The van der Waals surface area contributed by atoms with Crippen LogP contribution in [0.2, 0.25) is 5.02 Å². The molecule has 56 heavy (non-hydrogen) atoms. The highest BCUT2D eigenvalue weighted by Crippen LogP contribution is 2.67. The van der Waals surface area contributed by atoms with Gasteiger partial charge in [-0.1, -0.05) is 17.7 Å². The molecule has 3 aromatic heterocycles. The zero-order valence-corrected chi connectivity index (χ0v) is 30.4. The number of anilines is 1. The van der Waals surface area contributed by atoms with E-state index in [4.69, 9.17) is 16.6 Å². The summed E-state index contributed by atoms with van der Waals surface area (Å²) in [5.74, 6) is -1.14. The Morgan fingerprint density at radius 3 is 2.50 bits per heavy atom. The van der Waals surface area contributed by atoms with Crippen LogP contribution in [0, 0.1) is 22.7 Å². The maximum Gasteiger partial charge on any atom is 0.416 e. The number of nitrogens with one attached hydrogen (secondary N) is 1.